The number of rotatable bonds is 3. The molecule has 0 spiro atoms. The molecule has 2 nitrogen and oxygen atoms in total. The molecule has 3 aromatic rings. The highest BCUT2D eigenvalue weighted by Crippen LogP contribution is 2.18. The van der Waals surface area contributed by atoms with Crippen molar-refractivity contribution in [1.82, 2.24) is 4.57 Å². The lowest BCUT2D eigenvalue weighted by Gasteiger charge is -2.08. The summed E-state index contributed by atoms with van der Waals surface area (Å²) in [5.41, 5.74) is 8.12. The third kappa shape index (κ3) is 2.25. The van der Waals surface area contributed by atoms with Gasteiger partial charge in [0.15, 0.2) is 0 Å². The van der Waals surface area contributed by atoms with Crippen LogP contribution in [0.25, 0.3) is 10.9 Å². The van der Waals surface area contributed by atoms with E-state index in [0.29, 0.717) is 18.7 Å². The SMILES string of the molecule is NCc1ccc(Cn2ccc3ccccc32)c(F)c1. The number of halogens is 1. The minimum absolute atomic E-state index is 0.194. The van der Waals surface area contributed by atoms with Gasteiger partial charge in [-0.15, -0.1) is 0 Å². The minimum atomic E-state index is -0.194. The second-order valence-corrected chi connectivity index (χ2v) is 4.63. The van der Waals surface area contributed by atoms with E-state index in [-0.39, 0.29) is 5.82 Å². The average molecular weight is 254 g/mol. The second kappa shape index (κ2) is 4.86. The van der Waals surface area contributed by atoms with Crippen LogP contribution in [0.4, 0.5) is 4.39 Å². The standard InChI is InChI=1S/C16H15FN2/c17-15-9-12(10-18)5-6-14(15)11-19-8-7-13-3-1-2-4-16(13)19/h1-9H,10-11,18H2. The maximum absolute atomic E-state index is 14.0. The van der Waals surface area contributed by atoms with Crippen LogP contribution in [-0.4, -0.2) is 4.57 Å². The average Bonchev–Trinajstić information content (AvgIpc) is 2.84. The van der Waals surface area contributed by atoms with Crippen LogP contribution < -0.4 is 5.73 Å². The minimum Gasteiger partial charge on any atom is -0.343 e. The zero-order valence-electron chi connectivity index (χ0n) is 10.5. The summed E-state index contributed by atoms with van der Waals surface area (Å²) in [7, 11) is 0. The zero-order chi connectivity index (χ0) is 13.2. The van der Waals surface area contributed by atoms with Crippen molar-refractivity contribution in [2.24, 2.45) is 5.73 Å². The number of nitrogens with two attached hydrogens (primary N) is 1. The molecule has 0 aliphatic heterocycles. The zero-order valence-corrected chi connectivity index (χ0v) is 10.5. The monoisotopic (exact) mass is 254 g/mol. The summed E-state index contributed by atoms with van der Waals surface area (Å²) in [6.07, 6.45) is 1.99. The Labute approximate surface area is 111 Å². The first-order valence-electron chi connectivity index (χ1n) is 6.29. The van der Waals surface area contributed by atoms with Crippen LogP contribution in [0.3, 0.4) is 0 Å². The molecule has 3 heteroatoms. The van der Waals surface area contributed by atoms with Crippen molar-refractivity contribution in [3.63, 3.8) is 0 Å². The molecule has 1 aromatic heterocycles. The molecule has 0 aliphatic rings. The van der Waals surface area contributed by atoms with Crippen molar-refractivity contribution in [2.75, 3.05) is 0 Å². The molecule has 96 valence electrons. The van der Waals surface area contributed by atoms with E-state index < -0.39 is 0 Å². The fraction of sp³-hybridized carbons (Fsp3) is 0.125. The van der Waals surface area contributed by atoms with Gasteiger partial charge in [0.2, 0.25) is 0 Å². The summed E-state index contributed by atoms with van der Waals surface area (Å²) < 4.78 is 16.0. The molecule has 1 heterocycles. The van der Waals surface area contributed by atoms with Gasteiger partial charge in [0.1, 0.15) is 5.82 Å². The third-order valence-corrected chi connectivity index (χ3v) is 3.37. The molecule has 0 atom stereocenters. The Morgan fingerprint density at radius 1 is 1.05 bits per heavy atom. The molecule has 0 unspecified atom stereocenters. The van der Waals surface area contributed by atoms with E-state index in [2.05, 4.69) is 10.6 Å². The molecule has 0 saturated carbocycles. The van der Waals surface area contributed by atoms with E-state index in [1.807, 2.05) is 42.6 Å². The summed E-state index contributed by atoms with van der Waals surface area (Å²) in [6, 6.07) is 15.3. The van der Waals surface area contributed by atoms with Crippen LogP contribution in [0.1, 0.15) is 11.1 Å². The molecule has 2 aromatic carbocycles. The van der Waals surface area contributed by atoms with Gasteiger partial charge >= 0.3 is 0 Å². The van der Waals surface area contributed by atoms with Crippen molar-refractivity contribution in [1.29, 1.82) is 0 Å². The lowest BCUT2D eigenvalue weighted by molar-refractivity contribution is 0.600. The molecule has 0 saturated heterocycles. The predicted molar refractivity (Wildman–Crippen MR) is 75.3 cm³/mol. The van der Waals surface area contributed by atoms with E-state index in [1.165, 1.54) is 11.5 Å². The number of aromatic nitrogens is 1. The summed E-state index contributed by atoms with van der Waals surface area (Å²) >= 11 is 0. The molecule has 0 amide bonds. The molecule has 0 bridgehead atoms. The molecule has 19 heavy (non-hydrogen) atoms. The van der Waals surface area contributed by atoms with E-state index in [0.717, 1.165) is 11.1 Å². The third-order valence-electron chi connectivity index (χ3n) is 3.37. The van der Waals surface area contributed by atoms with Crippen molar-refractivity contribution in [3.05, 3.63) is 71.7 Å². The van der Waals surface area contributed by atoms with Crippen LogP contribution in [0, 0.1) is 5.82 Å². The second-order valence-electron chi connectivity index (χ2n) is 4.63. The first-order valence-corrected chi connectivity index (χ1v) is 6.29. The van der Waals surface area contributed by atoms with E-state index in [4.69, 9.17) is 5.73 Å². The highest BCUT2D eigenvalue weighted by Gasteiger charge is 2.06. The Hall–Kier alpha value is -2.13. The van der Waals surface area contributed by atoms with Gasteiger partial charge in [-0.3, -0.25) is 0 Å². The normalized spacial score (nSPS) is 11.1. The Bertz CT molecular complexity index is 716. The summed E-state index contributed by atoms with van der Waals surface area (Å²) in [4.78, 5) is 0. The maximum atomic E-state index is 14.0. The number of benzene rings is 2. The van der Waals surface area contributed by atoms with Gasteiger partial charge in [-0.1, -0.05) is 30.3 Å². The molecular formula is C16H15FN2. The Morgan fingerprint density at radius 2 is 1.89 bits per heavy atom. The fourth-order valence-corrected chi connectivity index (χ4v) is 2.31. The molecule has 3 rings (SSSR count). The highest BCUT2D eigenvalue weighted by molar-refractivity contribution is 5.80. The van der Waals surface area contributed by atoms with Crippen LogP contribution in [-0.2, 0) is 13.1 Å². The summed E-state index contributed by atoms with van der Waals surface area (Å²) in [5, 5.41) is 1.17. The lowest BCUT2D eigenvalue weighted by atomic mass is 10.1. The first kappa shape index (κ1) is 11.9. The van der Waals surface area contributed by atoms with Gasteiger partial charge in [0.05, 0.1) is 6.54 Å². The maximum Gasteiger partial charge on any atom is 0.128 e. The van der Waals surface area contributed by atoms with Crippen molar-refractivity contribution in [2.45, 2.75) is 13.1 Å². The van der Waals surface area contributed by atoms with Crippen LogP contribution in [0.2, 0.25) is 0 Å². The van der Waals surface area contributed by atoms with E-state index in [9.17, 15) is 4.39 Å². The quantitative estimate of drug-likeness (QED) is 0.764. The van der Waals surface area contributed by atoms with Crippen LogP contribution in [0.15, 0.2) is 54.7 Å². The van der Waals surface area contributed by atoms with Gasteiger partial charge in [-0.05, 0) is 29.1 Å². The smallest absolute Gasteiger partial charge is 0.128 e. The lowest BCUT2D eigenvalue weighted by Crippen LogP contribution is -2.03. The van der Waals surface area contributed by atoms with Gasteiger partial charge in [0, 0.05) is 23.8 Å². The van der Waals surface area contributed by atoms with E-state index in [1.54, 1.807) is 0 Å². The largest absolute Gasteiger partial charge is 0.343 e. The summed E-state index contributed by atoms with van der Waals surface area (Å²) in [6.45, 7) is 0.897. The molecule has 0 fully saturated rings. The van der Waals surface area contributed by atoms with Gasteiger partial charge < -0.3 is 10.3 Å². The van der Waals surface area contributed by atoms with Crippen LogP contribution >= 0.6 is 0 Å². The van der Waals surface area contributed by atoms with Crippen molar-refractivity contribution in [3.8, 4) is 0 Å². The number of hydrogen-bond donors (Lipinski definition) is 1. The number of hydrogen-bond acceptors (Lipinski definition) is 1. The number of para-hydroxylation sites is 1. The molecule has 0 radical (unpaired) electrons. The van der Waals surface area contributed by atoms with Gasteiger partial charge in [-0.25, -0.2) is 4.39 Å². The van der Waals surface area contributed by atoms with Gasteiger partial charge in [0.25, 0.3) is 0 Å². The summed E-state index contributed by atoms with van der Waals surface area (Å²) in [5.74, 6) is -0.194. The molecular weight excluding hydrogens is 239 g/mol. The molecule has 2 N–H and O–H groups in total. The predicted octanol–water partition coefficient (Wildman–Crippen LogP) is 3.29. The van der Waals surface area contributed by atoms with E-state index >= 15 is 0 Å². The van der Waals surface area contributed by atoms with Gasteiger partial charge in [-0.2, -0.15) is 0 Å². The van der Waals surface area contributed by atoms with Crippen LogP contribution in [0.5, 0.6) is 0 Å². The fourth-order valence-electron chi connectivity index (χ4n) is 2.31. The van der Waals surface area contributed by atoms with Crippen molar-refractivity contribution < 1.29 is 4.39 Å². The number of fused-ring (bicyclic) bond motifs is 1. The Kier molecular flexibility index (Phi) is 3.05. The Balaban J connectivity index is 1.97. The molecule has 0 aliphatic carbocycles. The highest BCUT2D eigenvalue weighted by atomic mass is 19.1. The first-order chi connectivity index (χ1) is 9.28. The number of nitrogens with zero attached hydrogens (tertiary/aromatic N) is 1. The Morgan fingerprint density at radius 3 is 2.68 bits per heavy atom. The topological polar surface area (TPSA) is 30.9 Å². The van der Waals surface area contributed by atoms with Crippen molar-refractivity contribution >= 4 is 10.9 Å².